The molecule has 8 heteroatoms. The van der Waals surface area contributed by atoms with E-state index in [9.17, 15) is 4.79 Å². The van der Waals surface area contributed by atoms with Crippen molar-refractivity contribution >= 4 is 49.6 Å². The number of hydrogen-bond acceptors (Lipinski definition) is 6. The zero-order valence-corrected chi connectivity index (χ0v) is 13.5. The third-order valence-corrected chi connectivity index (χ3v) is 4.80. The first-order chi connectivity index (χ1) is 9.19. The molecular weight excluding hydrogens is 348 g/mol. The zero-order chi connectivity index (χ0) is 13.7. The Labute approximate surface area is 127 Å². The van der Waals surface area contributed by atoms with Crippen LogP contribution in [0.15, 0.2) is 15.9 Å². The van der Waals surface area contributed by atoms with Gasteiger partial charge in [-0.05, 0) is 41.4 Å². The molecule has 1 amide bonds. The van der Waals surface area contributed by atoms with E-state index >= 15 is 0 Å². The molecule has 2 N–H and O–H groups in total. The molecule has 0 spiro atoms. The van der Waals surface area contributed by atoms with Crippen LogP contribution >= 0.6 is 38.6 Å². The standard InChI is InChI=1S/C11H13BrN4OS2/c1-2-13-11-16-15-10(19-11)9(17)14-6-5-7-3-4-8(12)18-7/h3-4H,2,5-6H2,1H3,(H,13,16)(H,14,17). The molecule has 0 atom stereocenters. The second kappa shape index (κ2) is 6.97. The van der Waals surface area contributed by atoms with Gasteiger partial charge in [0.1, 0.15) is 0 Å². The molecule has 0 aliphatic rings. The van der Waals surface area contributed by atoms with Crippen LogP contribution in [-0.4, -0.2) is 29.2 Å². The molecule has 102 valence electrons. The minimum Gasteiger partial charge on any atom is -0.360 e. The zero-order valence-electron chi connectivity index (χ0n) is 10.3. The molecule has 19 heavy (non-hydrogen) atoms. The summed E-state index contributed by atoms with van der Waals surface area (Å²) in [6.07, 6.45) is 0.820. The van der Waals surface area contributed by atoms with E-state index in [0.717, 1.165) is 16.8 Å². The van der Waals surface area contributed by atoms with Gasteiger partial charge < -0.3 is 10.6 Å². The van der Waals surface area contributed by atoms with Gasteiger partial charge in [-0.1, -0.05) is 11.3 Å². The minimum atomic E-state index is -0.169. The summed E-state index contributed by atoms with van der Waals surface area (Å²) in [5, 5.41) is 14.7. The van der Waals surface area contributed by atoms with Gasteiger partial charge in [0.25, 0.3) is 5.91 Å². The van der Waals surface area contributed by atoms with Gasteiger partial charge >= 0.3 is 0 Å². The highest BCUT2D eigenvalue weighted by Gasteiger charge is 2.11. The summed E-state index contributed by atoms with van der Waals surface area (Å²) >= 11 is 6.36. The van der Waals surface area contributed by atoms with Crippen molar-refractivity contribution in [2.75, 3.05) is 18.4 Å². The smallest absolute Gasteiger partial charge is 0.282 e. The number of hydrogen-bond donors (Lipinski definition) is 2. The lowest BCUT2D eigenvalue weighted by Gasteiger charge is -2.00. The van der Waals surface area contributed by atoms with Crippen molar-refractivity contribution in [1.82, 2.24) is 15.5 Å². The molecule has 0 aliphatic heterocycles. The fourth-order valence-corrected chi connectivity index (χ4v) is 3.61. The second-order valence-electron chi connectivity index (χ2n) is 3.65. The number of thiophene rings is 1. The maximum absolute atomic E-state index is 11.8. The minimum absolute atomic E-state index is 0.169. The summed E-state index contributed by atoms with van der Waals surface area (Å²) < 4.78 is 1.10. The first-order valence-electron chi connectivity index (χ1n) is 5.79. The molecule has 0 fully saturated rings. The molecular formula is C11H13BrN4OS2. The number of carbonyl (C=O) groups excluding carboxylic acids is 1. The van der Waals surface area contributed by atoms with Gasteiger partial charge in [-0.15, -0.1) is 21.5 Å². The van der Waals surface area contributed by atoms with Gasteiger partial charge in [0.05, 0.1) is 3.79 Å². The highest BCUT2D eigenvalue weighted by molar-refractivity contribution is 9.11. The molecule has 2 rings (SSSR count). The maximum atomic E-state index is 11.8. The van der Waals surface area contributed by atoms with E-state index in [0.29, 0.717) is 16.7 Å². The van der Waals surface area contributed by atoms with Crippen LogP contribution in [0.1, 0.15) is 21.6 Å². The van der Waals surface area contributed by atoms with Crippen molar-refractivity contribution in [2.24, 2.45) is 0 Å². The molecule has 2 aromatic heterocycles. The van der Waals surface area contributed by atoms with Crippen LogP contribution < -0.4 is 10.6 Å². The van der Waals surface area contributed by atoms with Gasteiger partial charge in [0, 0.05) is 18.0 Å². The molecule has 0 saturated heterocycles. The molecule has 0 aliphatic carbocycles. The maximum Gasteiger partial charge on any atom is 0.282 e. The van der Waals surface area contributed by atoms with Crippen LogP contribution in [0.2, 0.25) is 0 Å². The van der Waals surface area contributed by atoms with Crippen LogP contribution in [0.5, 0.6) is 0 Å². The fourth-order valence-electron chi connectivity index (χ4n) is 1.40. The lowest BCUT2D eigenvalue weighted by Crippen LogP contribution is -2.25. The van der Waals surface area contributed by atoms with E-state index < -0.39 is 0 Å². The fraction of sp³-hybridized carbons (Fsp3) is 0.364. The van der Waals surface area contributed by atoms with Crippen LogP contribution in [0, 0.1) is 0 Å². The molecule has 0 unspecified atom stereocenters. The summed E-state index contributed by atoms with van der Waals surface area (Å²) in [4.78, 5) is 13.1. The molecule has 0 bridgehead atoms. The molecule has 2 aromatic rings. The van der Waals surface area contributed by atoms with Crippen LogP contribution in [0.25, 0.3) is 0 Å². The van der Waals surface area contributed by atoms with E-state index in [2.05, 4.69) is 42.8 Å². The number of anilines is 1. The lowest BCUT2D eigenvalue weighted by molar-refractivity contribution is 0.0953. The Bertz CT molecular complexity index is 554. The van der Waals surface area contributed by atoms with Gasteiger partial charge in [-0.25, -0.2) is 0 Å². The van der Waals surface area contributed by atoms with E-state index in [1.807, 2.05) is 13.0 Å². The van der Waals surface area contributed by atoms with Gasteiger partial charge in [0.2, 0.25) is 10.1 Å². The average molecular weight is 361 g/mol. The van der Waals surface area contributed by atoms with Gasteiger partial charge in [0.15, 0.2) is 0 Å². The van der Waals surface area contributed by atoms with Crippen LogP contribution in [0.4, 0.5) is 5.13 Å². The van der Waals surface area contributed by atoms with E-state index in [-0.39, 0.29) is 5.91 Å². The monoisotopic (exact) mass is 360 g/mol. The third kappa shape index (κ3) is 4.26. The largest absolute Gasteiger partial charge is 0.360 e. The number of rotatable bonds is 6. The van der Waals surface area contributed by atoms with Crippen LogP contribution in [0.3, 0.4) is 0 Å². The Morgan fingerprint density at radius 2 is 2.21 bits per heavy atom. The van der Waals surface area contributed by atoms with Crippen molar-refractivity contribution < 1.29 is 4.79 Å². The summed E-state index contributed by atoms with van der Waals surface area (Å²) in [6, 6.07) is 4.06. The lowest BCUT2D eigenvalue weighted by atomic mass is 10.3. The average Bonchev–Trinajstić information content (AvgIpc) is 2.99. The van der Waals surface area contributed by atoms with E-state index in [1.165, 1.54) is 16.2 Å². The number of carbonyl (C=O) groups is 1. The first-order valence-corrected chi connectivity index (χ1v) is 8.21. The highest BCUT2D eigenvalue weighted by Crippen LogP contribution is 2.22. The molecule has 0 radical (unpaired) electrons. The Balaban J connectivity index is 1.80. The molecule has 0 aromatic carbocycles. The van der Waals surface area contributed by atoms with Crippen molar-refractivity contribution in [3.05, 3.63) is 25.8 Å². The van der Waals surface area contributed by atoms with E-state index in [4.69, 9.17) is 0 Å². The Hall–Kier alpha value is -0.990. The van der Waals surface area contributed by atoms with Crippen molar-refractivity contribution in [3.8, 4) is 0 Å². The Kier molecular flexibility index (Phi) is 5.29. The first kappa shape index (κ1) is 14.4. The number of amides is 1. The second-order valence-corrected chi connectivity index (χ2v) is 7.18. The summed E-state index contributed by atoms with van der Waals surface area (Å²) in [6.45, 7) is 3.34. The SMILES string of the molecule is CCNc1nnc(C(=O)NCCc2ccc(Br)s2)s1. The molecule has 5 nitrogen and oxygen atoms in total. The van der Waals surface area contributed by atoms with Crippen molar-refractivity contribution in [3.63, 3.8) is 0 Å². The number of halogens is 1. The highest BCUT2D eigenvalue weighted by atomic mass is 79.9. The Morgan fingerprint density at radius 3 is 2.89 bits per heavy atom. The predicted octanol–water partition coefficient (Wildman–Crippen LogP) is 2.77. The molecule has 0 saturated carbocycles. The van der Waals surface area contributed by atoms with Gasteiger partial charge in [-0.2, -0.15) is 0 Å². The molecule has 2 heterocycles. The van der Waals surface area contributed by atoms with Crippen molar-refractivity contribution in [2.45, 2.75) is 13.3 Å². The Morgan fingerprint density at radius 1 is 1.37 bits per heavy atom. The topological polar surface area (TPSA) is 66.9 Å². The number of nitrogens with zero attached hydrogens (tertiary/aromatic N) is 2. The summed E-state index contributed by atoms with van der Waals surface area (Å²) in [5.74, 6) is -0.169. The normalized spacial score (nSPS) is 10.4. The van der Waals surface area contributed by atoms with Gasteiger partial charge in [-0.3, -0.25) is 4.79 Å². The third-order valence-electron chi connectivity index (χ3n) is 2.23. The summed E-state index contributed by atoms with van der Waals surface area (Å²) in [5.41, 5.74) is 0. The number of nitrogens with one attached hydrogen (secondary N) is 2. The quantitative estimate of drug-likeness (QED) is 0.830. The summed E-state index contributed by atoms with van der Waals surface area (Å²) in [7, 11) is 0. The predicted molar refractivity (Wildman–Crippen MR) is 82.1 cm³/mol. The van der Waals surface area contributed by atoms with E-state index in [1.54, 1.807) is 11.3 Å². The van der Waals surface area contributed by atoms with Crippen molar-refractivity contribution in [1.29, 1.82) is 0 Å². The van der Waals surface area contributed by atoms with Crippen LogP contribution in [-0.2, 0) is 6.42 Å². The number of aromatic nitrogens is 2.